The van der Waals surface area contributed by atoms with Gasteiger partial charge < -0.3 is 9.73 Å². The summed E-state index contributed by atoms with van der Waals surface area (Å²) in [7, 11) is 0. The van der Waals surface area contributed by atoms with Crippen LogP contribution >= 0.6 is 23.2 Å². The lowest BCUT2D eigenvalue weighted by Crippen LogP contribution is -2.21. The first-order valence-corrected chi connectivity index (χ1v) is 6.20. The Bertz CT molecular complexity index is 496. The Labute approximate surface area is 111 Å². The lowest BCUT2D eigenvalue weighted by atomic mass is 10.0. The molecule has 2 aromatic rings. The molecule has 0 amide bonds. The summed E-state index contributed by atoms with van der Waals surface area (Å²) >= 11 is 11.8. The first kappa shape index (κ1) is 12.5. The molecule has 0 saturated heterocycles. The molecule has 0 saturated carbocycles. The summed E-state index contributed by atoms with van der Waals surface area (Å²) in [6.45, 7) is 2.87. The predicted octanol–water partition coefficient (Wildman–Crippen LogP) is 4.29. The van der Waals surface area contributed by atoms with Crippen LogP contribution in [-0.2, 0) is 0 Å². The van der Waals surface area contributed by atoms with Gasteiger partial charge in [-0.1, -0.05) is 30.7 Å². The number of halogens is 2. The molecule has 1 aromatic carbocycles. The molecule has 1 unspecified atom stereocenters. The van der Waals surface area contributed by atoms with E-state index in [-0.39, 0.29) is 6.04 Å². The van der Waals surface area contributed by atoms with Gasteiger partial charge in [0.2, 0.25) is 0 Å². The van der Waals surface area contributed by atoms with Gasteiger partial charge in [-0.25, -0.2) is 0 Å². The number of furan rings is 1. The van der Waals surface area contributed by atoms with E-state index < -0.39 is 0 Å². The highest BCUT2D eigenvalue weighted by atomic mass is 35.5. The van der Waals surface area contributed by atoms with Gasteiger partial charge >= 0.3 is 0 Å². The van der Waals surface area contributed by atoms with Gasteiger partial charge in [-0.3, -0.25) is 0 Å². The highest BCUT2D eigenvalue weighted by Crippen LogP contribution is 2.27. The van der Waals surface area contributed by atoms with Crippen LogP contribution in [-0.4, -0.2) is 6.54 Å². The standard InChI is InChI=1S/C13H13Cl2NO/c1-2-16-13(11-6-7-12(15)17-11)9-4-3-5-10(14)8-9/h3-8,13,16H,2H2,1H3. The smallest absolute Gasteiger partial charge is 0.193 e. The van der Waals surface area contributed by atoms with Crippen molar-refractivity contribution in [3.8, 4) is 0 Å². The molecule has 1 atom stereocenters. The second-order valence-electron chi connectivity index (χ2n) is 3.69. The number of hydrogen-bond donors (Lipinski definition) is 1. The van der Waals surface area contributed by atoms with Crippen LogP contribution in [0, 0.1) is 0 Å². The summed E-state index contributed by atoms with van der Waals surface area (Å²) < 4.78 is 5.45. The van der Waals surface area contributed by atoms with Crippen molar-refractivity contribution in [1.29, 1.82) is 0 Å². The summed E-state index contributed by atoms with van der Waals surface area (Å²) in [6.07, 6.45) is 0. The molecule has 0 aliphatic heterocycles. The summed E-state index contributed by atoms with van der Waals surface area (Å²) in [5, 5.41) is 4.45. The van der Waals surface area contributed by atoms with E-state index in [9.17, 15) is 0 Å². The molecule has 0 aliphatic carbocycles. The van der Waals surface area contributed by atoms with Crippen LogP contribution < -0.4 is 5.32 Å². The van der Waals surface area contributed by atoms with Crippen molar-refractivity contribution in [3.63, 3.8) is 0 Å². The topological polar surface area (TPSA) is 25.2 Å². The van der Waals surface area contributed by atoms with Gasteiger partial charge in [0.25, 0.3) is 0 Å². The fourth-order valence-electron chi connectivity index (χ4n) is 1.76. The normalized spacial score (nSPS) is 12.6. The van der Waals surface area contributed by atoms with Crippen molar-refractivity contribution < 1.29 is 4.42 Å². The Morgan fingerprint density at radius 2 is 2.06 bits per heavy atom. The summed E-state index contributed by atoms with van der Waals surface area (Å²) in [4.78, 5) is 0. The minimum atomic E-state index is -0.0220. The molecule has 17 heavy (non-hydrogen) atoms. The fraction of sp³-hybridized carbons (Fsp3) is 0.231. The molecule has 2 nitrogen and oxygen atoms in total. The molecule has 0 spiro atoms. The van der Waals surface area contributed by atoms with Gasteiger partial charge in [-0.15, -0.1) is 0 Å². The van der Waals surface area contributed by atoms with Crippen LogP contribution in [0.5, 0.6) is 0 Å². The van der Waals surface area contributed by atoms with Gasteiger partial charge in [0, 0.05) is 5.02 Å². The van der Waals surface area contributed by atoms with Crippen molar-refractivity contribution in [2.24, 2.45) is 0 Å². The van der Waals surface area contributed by atoms with Crippen molar-refractivity contribution in [2.45, 2.75) is 13.0 Å². The number of nitrogens with one attached hydrogen (secondary N) is 1. The molecule has 90 valence electrons. The molecule has 4 heteroatoms. The Balaban J connectivity index is 2.35. The molecule has 1 heterocycles. The molecular weight excluding hydrogens is 257 g/mol. The maximum Gasteiger partial charge on any atom is 0.193 e. The number of rotatable bonds is 4. The van der Waals surface area contributed by atoms with E-state index in [1.807, 2.05) is 37.3 Å². The Morgan fingerprint density at radius 1 is 1.24 bits per heavy atom. The van der Waals surface area contributed by atoms with Crippen LogP contribution in [0.1, 0.15) is 24.3 Å². The Hall–Kier alpha value is -0.960. The molecular formula is C13H13Cl2NO. The summed E-state index contributed by atoms with van der Waals surface area (Å²) in [5.74, 6) is 0.791. The summed E-state index contributed by atoms with van der Waals surface area (Å²) in [6, 6.07) is 11.3. The summed E-state index contributed by atoms with van der Waals surface area (Å²) in [5.41, 5.74) is 1.06. The lowest BCUT2D eigenvalue weighted by molar-refractivity contribution is 0.453. The molecule has 0 bridgehead atoms. The van der Waals surface area contributed by atoms with Crippen LogP contribution in [0.25, 0.3) is 0 Å². The van der Waals surface area contributed by atoms with E-state index in [1.54, 1.807) is 6.07 Å². The lowest BCUT2D eigenvalue weighted by Gasteiger charge is -2.16. The zero-order valence-corrected chi connectivity index (χ0v) is 10.9. The highest BCUT2D eigenvalue weighted by molar-refractivity contribution is 6.30. The monoisotopic (exact) mass is 269 g/mol. The number of benzene rings is 1. The third-order valence-corrected chi connectivity index (χ3v) is 2.91. The third-order valence-electron chi connectivity index (χ3n) is 2.47. The van der Waals surface area contributed by atoms with Gasteiger partial charge in [0.15, 0.2) is 5.22 Å². The zero-order chi connectivity index (χ0) is 12.3. The van der Waals surface area contributed by atoms with Crippen molar-refractivity contribution in [1.82, 2.24) is 5.32 Å². The van der Waals surface area contributed by atoms with Crippen LogP contribution in [0.2, 0.25) is 10.2 Å². The number of hydrogen-bond acceptors (Lipinski definition) is 2. The van der Waals surface area contributed by atoms with Crippen LogP contribution in [0.15, 0.2) is 40.8 Å². The third kappa shape index (κ3) is 3.03. The second-order valence-corrected chi connectivity index (χ2v) is 4.50. The first-order chi connectivity index (χ1) is 8.20. The highest BCUT2D eigenvalue weighted by Gasteiger charge is 2.16. The Kier molecular flexibility index (Phi) is 4.11. The van der Waals surface area contributed by atoms with E-state index in [1.165, 1.54) is 0 Å². The Morgan fingerprint density at radius 3 is 2.65 bits per heavy atom. The van der Waals surface area contributed by atoms with E-state index in [0.29, 0.717) is 10.2 Å². The maximum absolute atomic E-state index is 6.00. The van der Waals surface area contributed by atoms with Crippen molar-refractivity contribution in [3.05, 3.63) is 58.0 Å². The van der Waals surface area contributed by atoms with Gasteiger partial charge in [0.05, 0.1) is 6.04 Å². The largest absolute Gasteiger partial charge is 0.448 e. The second kappa shape index (κ2) is 5.58. The average molecular weight is 270 g/mol. The van der Waals surface area contributed by atoms with E-state index in [0.717, 1.165) is 17.9 Å². The SMILES string of the molecule is CCNC(c1cccc(Cl)c1)c1ccc(Cl)o1. The maximum atomic E-state index is 6.00. The van der Waals surface area contributed by atoms with Crippen LogP contribution in [0.4, 0.5) is 0 Å². The zero-order valence-electron chi connectivity index (χ0n) is 9.41. The first-order valence-electron chi connectivity index (χ1n) is 5.44. The van der Waals surface area contributed by atoms with E-state index in [4.69, 9.17) is 27.6 Å². The van der Waals surface area contributed by atoms with Crippen molar-refractivity contribution in [2.75, 3.05) is 6.54 Å². The minimum absolute atomic E-state index is 0.0220. The van der Waals surface area contributed by atoms with E-state index >= 15 is 0 Å². The molecule has 1 aromatic heterocycles. The fourth-order valence-corrected chi connectivity index (χ4v) is 2.11. The molecule has 0 fully saturated rings. The molecule has 0 aliphatic rings. The van der Waals surface area contributed by atoms with Crippen molar-refractivity contribution >= 4 is 23.2 Å². The van der Waals surface area contributed by atoms with Gasteiger partial charge in [0.1, 0.15) is 5.76 Å². The van der Waals surface area contributed by atoms with Gasteiger partial charge in [-0.05, 0) is 48.0 Å². The average Bonchev–Trinajstić information content (AvgIpc) is 2.72. The van der Waals surface area contributed by atoms with E-state index in [2.05, 4.69) is 5.32 Å². The molecule has 2 rings (SSSR count). The van der Waals surface area contributed by atoms with Crippen LogP contribution in [0.3, 0.4) is 0 Å². The predicted molar refractivity (Wildman–Crippen MR) is 70.7 cm³/mol. The molecule has 1 N–H and O–H groups in total. The van der Waals surface area contributed by atoms with Gasteiger partial charge in [-0.2, -0.15) is 0 Å². The quantitative estimate of drug-likeness (QED) is 0.896. The minimum Gasteiger partial charge on any atom is -0.448 e. The molecule has 0 radical (unpaired) electrons.